The molecule has 1 heterocycles. The Morgan fingerprint density at radius 3 is 2.33 bits per heavy atom. The first-order valence-corrected chi connectivity index (χ1v) is 9.13. The summed E-state index contributed by atoms with van der Waals surface area (Å²) in [7, 11) is 0. The lowest BCUT2D eigenvalue weighted by Crippen LogP contribution is -2.39. The fraction of sp³-hybridized carbons (Fsp3) is 0.250. The molecular weight excluding hydrogens is 375 g/mol. The van der Waals surface area contributed by atoms with Crippen LogP contribution in [0.25, 0.3) is 0 Å². The molecule has 1 N–H and O–H groups in total. The molecule has 0 bridgehead atoms. The van der Waals surface area contributed by atoms with E-state index >= 15 is 0 Å². The molecular formula is C20H18F3NO2S. The van der Waals surface area contributed by atoms with Gasteiger partial charge in [0.25, 0.3) is 0 Å². The van der Waals surface area contributed by atoms with Gasteiger partial charge < -0.3 is 9.84 Å². The molecule has 1 atom stereocenters. The molecule has 0 radical (unpaired) electrons. The molecule has 3 rings (SSSR count). The normalized spacial score (nSPS) is 14.0. The van der Waals surface area contributed by atoms with Crippen molar-refractivity contribution in [2.75, 3.05) is 0 Å². The molecule has 0 amide bonds. The van der Waals surface area contributed by atoms with Gasteiger partial charge in [0.1, 0.15) is 12.4 Å². The van der Waals surface area contributed by atoms with Crippen molar-refractivity contribution in [3.63, 3.8) is 0 Å². The highest BCUT2D eigenvalue weighted by Gasteiger charge is 2.51. The Morgan fingerprint density at radius 1 is 1.04 bits per heavy atom. The quantitative estimate of drug-likeness (QED) is 0.635. The molecule has 0 aliphatic carbocycles. The van der Waals surface area contributed by atoms with Crippen molar-refractivity contribution in [1.82, 2.24) is 4.98 Å². The second kappa shape index (κ2) is 7.70. The van der Waals surface area contributed by atoms with Crippen LogP contribution in [0.5, 0.6) is 5.75 Å². The van der Waals surface area contributed by atoms with Gasteiger partial charge >= 0.3 is 6.18 Å². The Balaban J connectivity index is 1.59. The van der Waals surface area contributed by atoms with Gasteiger partial charge in [0.05, 0.1) is 10.7 Å². The van der Waals surface area contributed by atoms with Crippen molar-refractivity contribution in [2.24, 2.45) is 0 Å². The first-order valence-electron chi connectivity index (χ1n) is 8.25. The van der Waals surface area contributed by atoms with E-state index in [4.69, 9.17) is 4.74 Å². The van der Waals surface area contributed by atoms with Crippen LogP contribution in [0.4, 0.5) is 13.2 Å². The molecule has 0 spiro atoms. The minimum Gasteiger partial charge on any atom is -0.487 e. The third-order valence-electron chi connectivity index (χ3n) is 4.15. The van der Waals surface area contributed by atoms with Crippen LogP contribution in [-0.2, 0) is 18.6 Å². The summed E-state index contributed by atoms with van der Waals surface area (Å²) >= 11 is 1.54. The number of hydrogen-bond acceptors (Lipinski definition) is 4. The van der Waals surface area contributed by atoms with Crippen LogP contribution in [0.1, 0.15) is 28.8 Å². The van der Waals surface area contributed by atoms with E-state index in [1.54, 1.807) is 0 Å². The number of rotatable bonds is 6. The fourth-order valence-corrected chi connectivity index (χ4v) is 3.28. The number of ether oxygens (including phenoxy) is 1. The lowest BCUT2D eigenvalue weighted by Gasteiger charge is -2.26. The molecule has 3 aromatic rings. The predicted octanol–water partition coefficient (Wildman–Crippen LogP) is 5.08. The van der Waals surface area contributed by atoms with Crippen LogP contribution in [0.2, 0.25) is 0 Å². The van der Waals surface area contributed by atoms with Gasteiger partial charge in [-0.3, -0.25) is 0 Å². The van der Waals surface area contributed by atoms with Crippen LogP contribution in [0, 0.1) is 0 Å². The summed E-state index contributed by atoms with van der Waals surface area (Å²) in [5.74, 6) is 0.411. The predicted molar refractivity (Wildman–Crippen MR) is 97.8 cm³/mol. The summed E-state index contributed by atoms with van der Waals surface area (Å²) in [6.45, 7) is 0.951. The summed E-state index contributed by atoms with van der Waals surface area (Å²) in [6.07, 6.45) is -4.00. The maximum atomic E-state index is 12.9. The number of hydrogen-bond donors (Lipinski definition) is 1. The largest absolute Gasteiger partial charge is 0.487 e. The van der Waals surface area contributed by atoms with Crippen LogP contribution in [0.15, 0.2) is 60.0 Å². The van der Waals surface area contributed by atoms with Crippen molar-refractivity contribution < 1.29 is 23.0 Å². The number of aromatic nitrogens is 1. The van der Waals surface area contributed by atoms with Crippen molar-refractivity contribution in [2.45, 2.75) is 31.7 Å². The molecule has 2 aromatic carbocycles. The van der Waals surface area contributed by atoms with Gasteiger partial charge in [-0.15, -0.1) is 11.3 Å². The van der Waals surface area contributed by atoms with E-state index in [1.165, 1.54) is 41.2 Å². The topological polar surface area (TPSA) is 42.4 Å². The molecule has 3 nitrogen and oxygen atoms in total. The zero-order valence-electron chi connectivity index (χ0n) is 14.5. The number of benzene rings is 2. The second-order valence-electron chi connectivity index (χ2n) is 6.28. The smallest absolute Gasteiger partial charge is 0.421 e. The molecule has 0 saturated carbocycles. The van der Waals surface area contributed by atoms with Crippen LogP contribution in [0.3, 0.4) is 0 Å². The summed E-state index contributed by atoms with van der Waals surface area (Å²) in [5.41, 5.74) is -1.20. The van der Waals surface area contributed by atoms with E-state index in [0.717, 1.165) is 24.0 Å². The highest BCUT2D eigenvalue weighted by molar-refractivity contribution is 7.09. The van der Waals surface area contributed by atoms with E-state index in [-0.39, 0.29) is 12.2 Å². The highest BCUT2D eigenvalue weighted by Crippen LogP contribution is 2.38. The molecule has 0 aliphatic heterocycles. The van der Waals surface area contributed by atoms with Crippen molar-refractivity contribution >= 4 is 11.3 Å². The Morgan fingerprint density at radius 2 is 1.70 bits per heavy atom. The first kappa shape index (κ1) is 19.4. The zero-order chi connectivity index (χ0) is 19.5. The van der Waals surface area contributed by atoms with Gasteiger partial charge in [-0.1, -0.05) is 42.5 Å². The first-order chi connectivity index (χ1) is 12.8. The third kappa shape index (κ3) is 4.67. The van der Waals surface area contributed by atoms with Crippen LogP contribution >= 0.6 is 11.3 Å². The Labute approximate surface area is 159 Å². The van der Waals surface area contributed by atoms with Gasteiger partial charge in [-0.05, 0) is 30.2 Å². The van der Waals surface area contributed by atoms with Crippen molar-refractivity contribution in [1.29, 1.82) is 0 Å². The number of halogens is 3. The SMILES string of the molecule is CC(O)(c1ccc(OCc2csc(Cc3ccccc3)n2)cc1)C(F)(F)F. The van der Waals surface area contributed by atoms with Gasteiger partial charge in [-0.25, -0.2) is 4.98 Å². The molecule has 0 aliphatic rings. The number of alkyl halides is 3. The summed E-state index contributed by atoms with van der Waals surface area (Å²) in [4.78, 5) is 4.51. The van der Waals surface area contributed by atoms with E-state index in [1.807, 2.05) is 35.7 Å². The van der Waals surface area contributed by atoms with E-state index in [0.29, 0.717) is 5.75 Å². The van der Waals surface area contributed by atoms with Gasteiger partial charge in [-0.2, -0.15) is 13.2 Å². The van der Waals surface area contributed by atoms with Crippen molar-refractivity contribution in [3.8, 4) is 5.75 Å². The molecule has 1 aromatic heterocycles. The molecule has 0 fully saturated rings. The summed E-state index contributed by atoms with van der Waals surface area (Å²) in [5, 5.41) is 12.5. The average molecular weight is 393 g/mol. The minimum atomic E-state index is -4.74. The highest BCUT2D eigenvalue weighted by atomic mass is 32.1. The zero-order valence-corrected chi connectivity index (χ0v) is 15.3. The average Bonchev–Trinajstić information content (AvgIpc) is 3.07. The van der Waals surface area contributed by atoms with E-state index < -0.39 is 11.8 Å². The lowest BCUT2D eigenvalue weighted by atomic mass is 9.95. The third-order valence-corrected chi connectivity index (χ3v) is 5.05. The Bertz CT molecular complexity index is 874. The maximum Gasteiger partial charge on any atom is 0.421 e. The monoisotopic (exact) mass is 393 g/mol. The van der Waals surface area contributed by atoms with E-state index in [2.05, 4.69) is 4.98 Å². The van der Waals surface area contributed by atoms with Crippen molar-refractivity contribution in [3.05, 3.63) is 81.8 Å². The van der Waals surface area contributed by atoms with Crippen LogP contribution in [-0.4, -0.2) is 16.3 Å². The standard InChI is InChI=1S/C20H18F3NO2S/c1-19(25,20(21,22)23)15-7-9-17(10-8-15)26-12-16-13-27-18(24-16)11-14-5-3-2-4-6-14/h2-10,13,25H,11-12H2,1H3. The van der Waals surface area contributed by atoms with Gasteiger partial charge in [0.2, 0.25) is 0 Å². The second-order valence-corrected chi connectivity index (χ2v) is 7.22. The maximum absolute atomic E-state index is 12.9. The number of thiazole rings is 1. The molecule has 0 saturated heterocycles. The molecule has 7 heteroatoms. The minimum absolute atomic E-state index is 0.223. The Hall–Kier alpha value is -2.38. The Kier molecular flexibility index (Phi) is 5.53. The summed E-state index contributed by atoms with van der Waals surface area (Å²) in [6, 6.07) is 15.2. The summed E-state index contributed by atoms with van der Waals surface area (Å²) < 4.78 is 44.2. The number of aliphatic hydroxyl groups is 1. The van der Waals surface area contributed by atoms with Crippen LogP contribution < -0.4 is 4.74 Å². The molecule has 27 heavy (non-hydrogen) atoms. The molecule has 142 valence electrons. The lowest BCUT2D eigenvalue weighted by molar-refractivity contribution is -0.258. The van der Waals surface area contributed by atoms with Gasteiger partial charge in [0, 0.05) is 11.8 Å². The number of nitrogens with zero attached hydrogens (tertiary/aromatic N) is 1. The van der Waals surface area contributed by atoms with E-state index in [9.17, 15) is 18.3 Å². The molecule has 1 unspecified atom stereocenters. The van der Waals surface area contributed by atoms with Gasteiger partial charge in [0.15, 0.2) is 5.60 Å². The fourth-order valence-electron chi connectivity index (χ4n) is 2.46.